The van der Waals surface area contributed by atoms with Gasteiger partial charge < -0.3 is 9.47 Å². The normalized spacial score (nSPS) is 10.4. The van der Waals surface area contributed by atoms with Crippen LogP contribution in [0.15, 0.2) is 62.2 Å². The molecule has 0 amide bonds. The van der Waals surface area contributed by atoms with E-state index >= 15 is 0 Å². The predicted molar refractivity (Wildman–Crippen MR) is 80.8 cm³/mol. The molecule has 0 radical (unpaired) electrons. The average Bonchev–Trinajstić information content (AvgIpc) is 2.47. The van der Waals surface area contributed by atoms with Gasteiger partial charge in [-0.15, -0.1) is 13.2 Å². The quantitative estimate of drug-likeness (QED) is 0.462. The molecule has 0 spiro atoms. The minimum atomic E-state index is -0.239. The molecule has 102 valence electrons. The number of rotatable bonds is 10. The van der Waals surface area contributed by atoms with Crippen molar-refractivity contribution in [2.45, 2.75) is 19.1 Å². The fourth-order valence-corrected chi connectivity index (χ4v) is 1.68. The molecule has 1 aromatic rings. The van der Waals surface area contributed by atoms with Crippen molar-refractivity contribution in [3.63, 3.8) is 0 Å². The van der Waals surface area contributed by atoms with Crippen LogP contribution in [0.5, 0.6) is 0 Å². The lowest BCUT2D eigenvalue weighted by Crippen LogP contribution is -2.17. The first-order valence-corrected chi connectivity index (χ1v) is 6.46. The van der Waals surface area contributed by atoms with Gasteiger partial charge >= 0.3 is 0 Å². The Kier molecular flexibility index (Phi) is 7.56. The number of benzene rings is 1. The van der Waals surface area contributed by atoms with Crippen LogP contribution in [0.1, 0.15) is 18.4 Å². The molecule has 0 saturated carbocycles. The molecule has 0 bridgehead atoms. The third kappa shape index (κ3) is 6.18. The Balaban J connectivity index is 2.43. The lowest BCUT2D eigenvalue weighted by atomic mass is 10.0. The van der Waals surface area contributed by atoms with Crippen LogP contribution >= 0.6 is 0 Å². The number of ether oxygens (including phenoxy) is 2. The Morgan fingerprint density at radius 3 is 2.16 bits per heavy atom. The summed E-state index contributed by atoms with van der Waals surface area (Å²) in [6, 6.07) is 10.2. The molecule has 0 unspecified atom stereocenters. The first-order valence-electron chi connectivity index (χ1n) is 6.46. The van der Waals surface area contributed by atoms with E-state index in [2.05, 4.69) is 31.9 Å². The van der Waals surface area contributed by atoms with Gasteiger partial charge in [0, 0.05) is 6.42 Å². The number of allylic oxidation sites excluding steroid dienone is 1. The first kappa shape index (κ1) is 15.4. The molecule has 1 aromatic carbocycles. The molecule has 19 heavy (non-hydrogen) atoms. The fourth-order valence-electron chi connectivity index (χ4n) is 1.68. The van der Waals surface area contributed by atoms with Crippen LogP contribution in [-0.2, 0) is 9.47 Å². The Bertz CT molecular complexity index is 383. The van der Waals surface area contributed by atoms with Crippen LogP contribution in [0.25, 0.3) is 5.57 Å². The van der Waals surface area contributed by atoms with Crippen molar-refractivity contribution >= 4 is 5.57 Å². The molecular formula is C17H22O2. The van der Waals surface area contributed by atoms with E-state index in [1.165, 1.54) is 0 Å². The van der Waals surface area contributed by atoms with Crippen molar-refractivity contribution < 1.29 is 9.47 Å². The topological polar surface area (TPSA) is 18.5 Å². The third-order valence-corrected chi connectivity index (χ3v) is 2.66. The summed E-state index contributed by atoms with van der Waals surface area (Å²) in [6.45, 7) is 12.4. The summed E-state index contributed by atoms with van der Waals surface area (Å²) < 4.78 is 11.1. The van der Waals surface area contributed by atoms with Gasteiger partial charge in [0.1, 0.15) is 0 Å². The second-order valence-electron chi connectivity index (χ2n) is 4.18. The Morgan fingerprint density at radius 1 is 1.05 bits per heavy atom. The number of hydrogen-bond donors (Lipinski definition) is 0. The molecule has 2 heteroatoms. The van der Waals surface area contributed by atoms with E-state index in [9.17, 15) is 0 Å². The second kappa shape index (κ2) is 9.31. The number of hydrogen-bond acceptors (Lipinski definition) is 2. The van der Waals surface area contributed by atoms with E-state index in [0.717, 1.165) is 24.0 Å². The average molecular weight is 258 g/mol. The smallest absolute Gasteiger partial charge is 0.158 e. The largest absolute Gasteiger partial charge is 0.349 e. The van der Waals surface area contributed by atoms with Gasteiger partial charge in [-0.2, -0.15) is 0 Å². The molecule has 0 aromatic heterocycles. The van der Waals surface area contributed by atoms with Gasteiger partial charge in [-0.05, 0) is 17.6 Å². The Morgan fingerprint density at radius 2 is 1.63 bits per heavy atom. The Labute approximate surface area is 116 Å². The first-order chi connectivity index (χ1) is 9.27. The molecule has 0 N–H and O–H groups in total. The zero-order valence-electron chi connectivity index (χ0n) is 11.4. The van der Waals surface area contributed by atoms with E-state index in [4.69, 9.17) is 9.47 Å². The van der Waals surface area contributed by atoms with Crippen LogP contribution in [0.4, 0.5) is 0 Å². The van der Waals surface area contributed by atoms with Gasteiger partial charge in [0.05, 0.1) is 13.2 Å². The minimum Gasteiger partial charge on any atom is -0.349 e. The second-order valence-corrected chi connectivity index (χ2v) is 4.18. The maximum Gasteiger partial charge on any atom is 0.158 e. The zero-order valence-corrected chi connectivity index (χ0v) is 11.4. The molecule has 0 saturated heterocycles. The van der Waals surface area contributed by atoms with Gasteiger partial charge in [0.2, 0.25) is 0 Å². The summed E-state index contributed by atoms with van der Waals surface area (Å²) >= 11 is 0. The van der Waals surface area contributed by atoms with Crippen molar-refractivity contribution in [2.75, 3.05) is 13.2 Å². The molecule has 0 aliphatic carbocycles. The van der Waals surface area contributed by atoms with Gasteiger partial charge in [-0.25, -0.2) is 0 Å². The molecule has 0 atom stereocenters. The van der Waals surface area contributed by atoms with Gasteiger partial charge in [0.25, 0.3) is 0 Å². The van der Waals surface area contributed by atoms with Crippen LogP contribution in [-0.4, -0.2) is 19.5 Å². The van der Waals surface area contributed by atoms with Crippen LogP contribution in [0, 0.1) is 0 Å². The molecule has 2 nitrogen and oxygen atoms in total. The highest BCUT2D eigenvalue weighted by atomic mass is 16.7. The monoisotopic (exact) mass is 258 g/mol. The van der Waals surface area contributed by atoms with Gasteiger partial charge in [-0.3, -0.25) is 0 Å². The molecule has 0 heterocycles. The SMILES string of the molecule is C=CCOC(CCC(=C)c1ccccc1)OCC=C. The van der Waals surface area contributed by atoms with Crippen LogP contribution in [0.2, 0.25) is 0 Å². The molecule has 0 aliphatic rings. The summed E-state index contributed by atoms with van der Waals surface area (Å²) in [5.74, 6) is 0. The predicted octanol–water partition coefficient (Wildman–Crippen LogP) is 4.21. The van der Waals surface area contributed by atoms with Gasteiger partial charge in [0.15, 0.2) is 6.29 Å². The Hall–Kier alpha value is -1.64. The van der Waals surface area contributed by atoms with E-state index in [1.54, 1.807) is 12.2 Å². The molecule has 0 aliphatic heterocycles. The maximum absolute atomic E-state index is 5.55. The highest BCUT2D eigenvalue weighted by Crippen LogP contribution is 2.19. The van der Waals surface area contributed by atoms with Gasteiger partial charge in [-0.1, -0.05) is 49.1 Å². The minimum absolute atomic E-state index is 0.239. The highest BCUT2D eigenvalue weighted by molar-refractivity contribution is 5.62. The third-order valence-electron chi connectivity index (χ3n) is 2.66. The summed E-state index contributed by atoms with van der Waals surface area (Å²) in [5, 5.41) is 0. The van der Waals surface area contributed by atoms with Crippen molar-refractivity contribution in [2.24, 2.45) is 0 Å². The standard InChI is InChI=1S/C17H22O2/c1-4-13-18-17(19-14-5-2)12-11-15(3)16-9-7-6-8-10-16/h4-10,17H,1-3,11-14H2. The summed E-state index contributed by atoms with van der Waals surface area (Å²) in [5.41, 5.74) is 2.25. The lowest BCUT2D eigenvalue weighted by Gasteiger charge is -2.17. The lowest BCUT2D eigenvalue weighted by molar-refractivity contribution is -0.129. The van der Waals surface area contributed by atoms with Crippen molar-refractivity contribution in [1.82, 2.24) is 0 Å². The molecule has 0 fully saturated rings. The van der Waals surface area contributed by atoms with E-state index in [1.807, 2.05) is 18.2 Å². The molecular weight excluding hydrogens is 236 g/mol. The summed E-state index contributed by atoms with van der Waals surface area (Å²) in [4.78, 5) is 0. The molecule has 1 rings (SSSR count). The zero-order chi connectivity index (χ0) is 13.9. The summed E-state index contributed by atoms with van der Waals surface area (Å²) in [6.07, 6.45) is 4.81. The maximum atomic E-state index is 5.55. The summed E-state index contributed by atoms with van der Waals surface area (Å²) in [7, 11) is 0. The van der Waals surface area contributed by atoms with Crippen LogP contribution < -0.4 is 0 Å². The fraction of sp³-hybridized carbons (Fsp3) is 0.294. The van der Waals surface area contributed by atoms with E-state index in [-0.39, 0.29) is 6.29 Å². The van der Waals surface area contributed by atoms with Crippen molar-refractivity contribution in [3.8, 4) is 0 Å². The highest BCUT2D eigenvalue weighted by Gasteiger charge is 2.09. The van der Waals surface area contributed by atoms with E-state index < -0.39 is 0 Å². The van der Waals surface area contributed by atoms with Crippen LogP contribution in [0.3, 0.4) is 0 Å². The van der Waals surface area contributed by atoms with Crippen molar-refractivity contribution in [3.05, 3.63) is 67.8 Å². The van der Waals surface area contributed by atoms with E-state index in [0.29, 0.717) is 13.2 Å². The van der Waals surface area contributed by atoms with Crippen molar-refractivity contribution in [1.29, 1.82) is 0 Å².